The van der Waals surface area contributed by atoms with Crippen molar-refractivity contribution in [2.75, 3.05) is 4.90 Å². The molecule has 0 fully saturated rings. The molecular formula is C28H22Cl2N2O. The molecule has 33 heavy (non-hydrogen) atoms. The van der Waals surface area contributed by atoms with Crippen molar-refractivity contribution in [3.05, 3.63) is 100 Å². The monoisotopic (exact) mass is 472 g/mol. The molecule has 164 valence electrons. The number of rotatable bonds is 2. The van der Waals surface area contributed by atoms with Crippen molar-refractivity contribution >= 4 is 51.6 Å². The lowest BCUT2D eigenvalue weighted by atomic mass is 9.77. The third-order valence-corrected chi connectivity index (χ3v) is 7.59. The molecule has 0 saturated heterocycles. The van der Waals surface area contributed by atoms with Gasteiger partial charge in [0.1, 0.15) is 11.4 Å². The zero-order valence-electron chi connectivity index (χ0n) is 18.3. The molecule has 0 radical (unpaired) electrons. The standard InChI is InChI=1S/C28H22Cl2N2O/c1-27(2)22-9-5-6-10-24(22)32(16-19-11-13-20(29)15-23(19)30)28(27)17-31-26-21-8-4-3-7-18(21)12-14-25(26)33-28/h3-15,17H,16H2,1-2H3/t28-/m1/s1. The molecular weight excluding hydrogens is 451 g/mol. The van der Waals surface area contributed by atoms with Crippen LogP contribution in [0.5, 0.6) is 5.75 Å². The zero-order chi connectivity index (χ0) is 22.8. The predicted octanol–water partition coefficient (Wildman–Crippen LogP) is 7.94. The average molecular weight is 473 g/mol. The van der Waals surface area contributed by atoms with Gasteiger partial charge in [0, 0.05) is 27.7 Å². The molecule has 2 heterocycles. The van der Waals surface area contributed by atoms with Gasteiger partial charge in [0.05, 0.1) is 11.6 Å². The van der Waals surface area contributed by atoms with Crippen molar-refractivity contribution in [2.24, 2.45) is 4.99 Å². The van der Waals surface area contributed by atoms with Crippen LogP contribution in [0, 0.1) is 0 Å². The van der Waals surface area contributed by atoms with Crippen LogP contribution in [0.25, 0.3) is 10.8 Å². The first-order chi connectivity index (χ1) is 15.9. The Kier molecular flexibility index (Phi) is 4.52. The Morgan fingerprint density at radius 3 is 2.55 bits per heavy atom. The molecule has 0 N–H and O–H groups in total. The Bertz CT molecular complexity index is 1450. The summed E-state index contributed by atoms with van der Waals surface area (Å²) in [5, 5.41) is 3.49. The third-order valence-electron chi connectivity index (χ3n) is 7.01. The molecule has 6 rings (SSSR count). The predicted molar refractivity (Wildman–Crippen MR) is 138 cm³/mol. The molecule has 0 amide bonds. The summed E-state index contributed by atoms with van der Waals surface area (Å²) in [6, 6.07) is 26.5. The Morgan fingerprint density at radius 1 is 0.909 bits per heavy atom. The van der Waals surface area contributed by atoms with Crippen molar-refractivity contribution in [2.45, 2.75) is 31.5 Å². The van der Waals surface area contributed by atoms with Crippen molar-refractivity contribution in [3.63, 3.8) is 0 Å². The molecule has 0 aliphatic carbocycles. The first kappa shape index (κ1) is 20.6. The van der Waals surface area contributed by atoms with E-state index in [1.807, 2.05) is 36.5 Å². The van der Waals surface area contributed by atoms with Gasteiger partial charge >= 0.3 is 0 Å². The molecule has 0 saturated carbocycles. The molecule has 4 aromatic carbocycles. The Balaban J connectivity index is 1.53. The van der Waals surface area contributed by atoms with E-state index in [9.17, 15) is 0 Å². The molecule has 3 nitrogen and oxygen atoms in total. The molecule has 4 aromatic rings. The van der Waals surface area contributed by atoms with Crippen LogP contribution in [0.4, 0.5) is 11.4 Å². The Hall–Kier alpha value is -3.01. The maximum Gasteiger partial charge on any atom is 0.229 e. The van der Waals surface area contributed by atoms with Gasteiger partial charge in [-0.3, -0.25) is 4.99 Å². The zero-order valence-corrected chi connectivity index (χ0v) is 19.9. The minimum absolute atomic E-state index is 0.366. The number of anilines is 1. The summed E-state index contributed by atoms with van der Waals surface area (Å²) in [6.07, 6.45) is 1.98. The molecule has 1 atom stereocenters. The van der Waals surface area contributed by atoms with Crippen LogP contribution in [-0.4, -0.2) is 11.9 Å². The second kappa shape index (κ2) is 7.24. The van der Waals surface area contributed by atoms with E-state index >= 15 is 0 Å². The van der Waals surface area contributed by atoms with E-state index in [0.29, 0.717) is 16.6 Å². The fourth-order valence-electron chi connectivity index (χ4n) is 5.18. The lowest BCUT2D eigenvalue weighted by Crippen LogP contribution is -2.61. The fourth-order valence-corrected chi connectivity index (χ4v) is 5.65. The summed E-state index contributed by atoms with van der Waals surface area (Å²) in [7, 11) is 0. The van der Waals surface area contributed by atoms with E-state index in [1.54, 1.807) is 6.07 Å². The summed E-state index contributed by atoms with van der Waals surface area (Å²) in [5.74, 6) is 0.782. The second-order valence-corrected chi connectivity index (χ2v) is 10.00. The van der Waals surface area contributed by atoms with E-state index in [2.05, 4.69) is 61.2 Å². The first-order valence-corrected chi connectivity index (χ1v) is 11.7. The van der Waals surface area contributed by atoms with Gasteiger partial charge in [0.2, 0.25) is 5.72 Å². The van der Waals surface area contributed by atoms with Gasteiger partial charge in [-0.2, -0.15) is 0 Å². The van der Waals surface area contributed by atoms with Crippen LogP contribution in [0.1, 0.15) is 25.0 Å². The average Bonchev–Trinajstić information content (AvgIpc) is 2.99. The summed E-state index contributed by atoms with van der Waals surface area (Å²) < 4.78 is 6.94. The normalized spacial score (nSPS) is 20.1. The van der Waals surface area contributed by atoms with Gasteiger partial charge < -0.3 is 9.64 Å². The number of ether oxygens (including phenoxy) is 1. The lowest BCUT2D eigenvalue weighted by Gasteiger charge is -2.46. The van der Waals surface area contributed by atoms with E-state index in [-0.39, 0.29) is 5.41 Å². The number of aliphatic imine (C=N–C) groups is 1. The smallest absolute Gasteiger partial charge is 0.229 e. The maximum absolute atomic E-state index is 6.94. The van der Waals surface area contributed by atoms with Gasteiger partial charge in [-0.15, -0.1) is 0 Å². The van der Waals surface area contributed by atoms with Crippen LogP contribution in [-0.2, 0) is 12.0 Å². The van der Waals surface area contributed by atoms with Gasteiger partial charge in [0.15, 0.2) is 0 Å². The maximum atomic E-state index is 6.94. The number of nitrogens with zero attached hydrogens (tertiary/aromatic N) is 2. The SMILES string of the molecule is CC1(C)c2ccccc2N(Cc2ccc(Cl)cc2Cl)[C@@]12C=Nc1c(ccc3ccccc13)O2. The number of hydrogen-bond acceptors (Lipinski definition) is 3. The summed E-state index contributed by atoms with van der Waals surface area (Å²) >= 11 is 12.8. The minimum Gasteiger partial charge on any atom is -0.459 e. The minimum atomic E-state index is -0.810. The Labute approximate surface area is 203 Å². The number of para-hydroxylation sites is 1. The van der Waals surface area contributed by atoms with E-state index < -0.39 is 5.72 Å². The highest BCUT2D eigenvalue weighted by atomic mass is 35.5. The lowest BCUT2D eigenvalue weighted by molar-refractivity contribution is 0.0764. The molecule has 2 aliphatic rings. The molecule has 5 heteroatoms. The van der Waals surface area contributed by atoms with Crippen LogP contribution in [0.3, 0.4) is 0 Å². The number of halogens is 2. The molecule has 0 bridgehead atoms. The molecule has 0 aromatic heterocycles. The highest BCUT2D eigenvalue weighted by Gasteiger charge is 2.59. The van der Waals surface area contributed by atoms with Crippen LogP contribution in [0.15, 0.2) is 83.9 Å². The van der Waals surface area contributed by atoms with Crippen molar-refractivity contribution in [1.29, 1.82) is 0 Å². The summed E-state index contributed by atoms with van der Waals surface area (Å²) in [6.45, 7) is 4.99. The summed E-state index contributed by atoms with van der Waals surface area (Å²) in [5.41, 5.74) is 3.00. The largest absolute Gasteiger partial charge is 0.459 e. The van der Waals surface area contributed by atoms with Gasteiger partial charge in [-0.05, 0) is 54.6 Å². The quantitative estimate of drug-likeness (QED) is 0.295. The topological polar surface area (TPSA) is 24.8 Å². The molecule has 0 unspecified atom stereocenters. The number of benzene rings is 4. The van der Waals surface area contributed by atoms with E-state index in [1.165, 1.54) is 5.56 Å². The highest BCUT2D eigenvalue weighted by Crippen LogP contribution is 2.55. The Morgan fingerprint density at radius 2 is 1.70 bits per heavy atom. The molecule has 1 spiro atoms. The van der Waals surface area contributed by atoms with Crippen molar-refractivity contribution in [1.82, 2.24) is 0 Å². The fraction of sp³-hybridized carbons (Fsp3) is 0.179. The van der Waals surface area contributed by atoms with Gasteiger partial charge in [0.25, 0.3) is 0 Å². The van der Waals surface area contributed by atoms with E-state index in [4.69, 9.17) is 32.9 Å². The second-order valence-electron chi connectivity index (χ2n) is 9.15. The summed E-state index contributed by atoms with van der Waals surface area (Å²) in [4.78, 5) is 7.29. The van der Waals surface area contributed by atoms with Gasteiger partial charge in [-0.1, -0.05) is 77.8 Å². The number of fused-ring (bicyclic) bond motifs is 4. The van der Waals surface area contributed by atoms with Crippen molar-refractivity contribution in [3.8, 4) is 5.75 Å². The third kappa shape index (κ3) is 2.92. The molecule has 2 aliphatic heterocycles. The number of hydrogen-bond donors (Lipinski definition) is 0. The van der Waals surface area contributed by atoms with Crippen LogP contribution >= 0.6 is 23.2 Å². The first-order valence-electron chi connectivity index (χ1n) is 11.0. The van der Waals surface area contributed by atoms with Gasteiger partial charge in [-0.25, -0.2) is 0 Å². The highest BCUT2D eigenvalue weighted by molar-refractivity contribution is 6.35. The van der Waals surface area contributed by atoms with Crippen LogP contribution in [0.2, 0.25) is 10.0 Å². The van der Waals surface area contributed by atoms with E-state index in [0.717, 1.165) is 33.5 Å². The van der Waals surface area contributed by atoms with Crippen molar-refractivity contribution < 1.29 is 4.74 Å². The van der Waals surface area contributed by atoms with Crippen LogP contribution < -0.4 is 9.64 Å².